The minimum absolute atomic E-state index is 0.0193. The van der Waals surface area contributed by atoms with Gasteiger partial charge < -0.3 is 11.1 Å². The van der Waals surface area contributed by atoms with Crippen molar-refractivity contribution >= 4 is 11.7 Å². The lowest BCUT2D eigenvalue weighted by Crippen LogP contribution is -2.28. The number of rotatable bonds is 6. The third-order valence-electron chi connectivity index (χ3n) is 2.07. The number of nitrogens with one attached hydrogen (secondary N) is 1. The summed E-state index contributed by atoms with van der Waals surface area (Å²) < 4.78 is 1.53. The van der Waals surface area contributed by atoms with Gasteiger partial charge in [0, 0.05) is 12.7 Å². The third kappa shape index (κ3) is 4.49. The second-order valence-electron chi connectivity index (χ2n) is 3.50. The molecule has 0 radical (unpaired) electrons. The minimum Gasteiger partial charge on any atom is -0.382 e. The number of aromatic nitrogens is 2. The van der Waals surface area contributed by atoms with E-state index in [0.717, 1.165) is 25.8 Å². The van der Waals surface area contributed by atoms with Crippen molar-refractivity contribution in [3.8, 4) is 0 Å². The number of anilines is 1. The van der Waals surface area contributed by atoms with E-state index in [-0.39, 0.29) is 12.5 Å². The molecule has 0 saturated carbocycles. The molecule has 0 spiro atoms. The van der Waals surface area contributed by atoms with Crippen molar-refractivity contribution in [1.29, 1.82) is 0 Å². The van der Waals surface area contributed by atoms with E-state index >= 15 is 0 Å². The molecule has 0 aromatic carbocycles. The van der Waals surface area contributed by atoms with Crippen LogP contribution in [0.25, 0.3) is 0 Å². The average Bonchev–Trinajstić information content (AvgIpc) is 2.59. The van der Waals surface area contributed by atoms with Crippen LogP contribution < -0.4 is 11.1 Å². The first-order valence-corrected chi connectivity index (χ1v) is 5.28. The summed E-state index contributed by atoms with van der Waals surface area (Å²) in [5.74, 6) is 0.419. The summed E-state index contributed by atoms with van der Waals surface area (Å²) in [6.07, 6.45) is 5.03. The molecule has 3 N–H and O–H groups in total. The van der Waals surface area contributed by atoms with Crippen LogP contribution in [0.15, 0.2) is 12.3 Å². The molecule has 1 aromatic rings. The molecule has 0 saturated heterocycles. The highest BCUT2D eigenvalue weighted by atomic mass is 16.2. The fraction of sp³-hybridized carbons (Fsp3) is 0.600. The molecule has 0 unspecified atom stereocenters. The Kier molecular flexibility index (Phi) is 4.66. The van der Waals surface area contributed by atoms with Gasteiger partial charge in [0.25, 0.3) is 0 Å². The largest absolute Gasteiger partial charge is 0.382 e. The van der Waals surface area contributed by atoms with Crippen molar-refractivity contribution in [2.45, 2.75) is 32.7 Å². The summed E-state index contributed by atoms with van der Waals surface area (Å²) in [6.45, 7) is 3.11. The average molecular weight is 210 g/mol. The lowest BCUT2D eigenvalue weighted by Gasteiger charge is -2.04. The van der Waals surface area contributed by atoms with Gasteiger partial charge in [0.15, 0.2) is 0 Å². The van der Waals surface area contributed by atoms with Gasteiger partial charge in [-0.1, -0.05) is 19.8 Å². The number of nitrogens with two attached hydrogens (primary N) is 1. The van der Waals surface area contributed by atoms with E-state index in [0.29, 0.717) is 5.82 Å². The summed E-state index contributed by atoms with van der Waals surface area (Å²) in [5.41, 5.74) is 5.43. The molecule has 1 aromatic heterocycles. The van der Waals surface area contributed by atoms with Crippen LogP contribution in [0, 0.1) is 0 Å². The van der Waals surface area contributed by atoms with Crippen LogP contribution in [0.4, 0.5) is 5.82 Å². The number of carbonyl (C=O) groups is 1. The predicted molar refractivity (Wildman–Crippen MR) is 59.2 cm³/mol. The SMILES string of the molecule is CCCCCNC(=O)Cn1ccc(N)n1. The fourth-order valence-electron chi connectivity index (χ4n) is 1.27. The van der Waals surface area contributed by atoms with Crippen LogP contribution in [0.2, 0.25) is 0 Å². The quantitative estimate of drug-likeness (QED) is 0.681. The van der Waals surface area contributed by atoms with Crippen LogP contribution in [-0.2, 0) is 11.3 Å². The molecule has 5 nitrogen and oxygen atoms in total. The van der Waals surface area contributed by atoms with Crippen LogP contribution >= 0.6 is 0 Å². The molecule has 0 aliphatic rings. The molecule has 0 aliphatic heterocycles. The maximum atomic E-state index is 11.4. The Morgan fingerprint density at radius 3 is 3.00 bits per heavy atom. The highest BCUT2D eigenvalue weighted by Gasteiger charge is 2.02. The van der Waals surface area contributed by atoms with E-state index in [1.54, 1.807) is 12.3 Å². The van der Waals surface area contributed by atoms with Gasteiger partial charge >= 0.3 is 0 Å². The smallest absolute Gasteiger partial charge is 0.241 e. The number of hydrogen-bond donors (Lipinski definition) is 2. The van der Waals surface area contributed by atoms with Gasteiger partial charge in [0.05, 0.1) is 0 Å². The van der Waals surface area contributed by atoms with Gasteiger partial charge in [-0.05, 0) is 12.5 Å². The van der Waals surface area contributed by atoms with Gasteiger partial charge in [-0.3, -0.25) is 9.48 Å². The Hall–Kier alpha value is -1.52. The first-order chi connectivity index (χ1) is 7.22. The summed E-state index contributed by atoms with van der Waals surface area (Å²) in [7, 11) is 0. The number of nitrogens with zero attached hydrogens (tertiary/aromatic N) is 2. The van der Waals surface area contributed by atoms with Crippen LogP contribution in [-0.4, -0.2) is 22.2 Å². The molecule has 5 heteroatoms. The lowest BCUT2D eigenvalue weighted by atomic mass is 10.2. The van der Waals surface area contributed by atoms with Crippen LogP contribution in [0.1, 0.15) is 26.2 Å². The summed E-state index contributed by atoms with van der Waals surface area (Å²) in [5, 5.41) is 6.76. The van der Waals surface area contributed by atoms with Crippen molar-refractivity contribution in [3.05, 3.63) is 12.3 Å². The zero-order valence-corrected chi connectivity index (χ0v) is 9.07. The molecule has 1 rings (SSSR count). The Morgan fingerprint density at radius 1 is 1.60 bits per heavy atom. The van der Waals surface area contributed by atoms with Gasteiger partial charge in [0.2, 0.25) is 5.91 Å². The van der Waals surface area contributed by atoms with Crippen molar-refractivity contribution in [3.63, 3.8) is 0 Å². The lowest BCUT2D eigenvalue weighted by molar-refractivity contribution is -0.121. The molecular weight excluding hydrogens is 192 g/mol. The third-order valence-corrected chi connectivity index (χ3v) is 2.07. The topological polar surface area (TPSA) is 72.9 Å². The first-order valence-electron chi connectivity index (χ1n) is 5.28. The molecule has 0 aliphatic carbocycles. The maximum absolute atomic E-state index is 11.4. The van der Waals surface area contributed by atoms with E-state index in [9.17, 15) is 4.79 Å². The number of carbonyl (C=O) groups excluding carboxylic acids is 1. The number of unbranched alkanes of at least 4 members (excludes halogenated alkanes) is 2. The number of hydrogen-bond acceptors (Lipinski definition) is 3. The summed E-state index contributed by atoms with van der Waals surface area (Å²) >= 11 is 0. The Balaban J connectivity index is 2.18. The molecule has 0 fully saturated rings. The molecule has 1 amide bonds. The second kappa shape index (κ2) is 6.06. The van der Waals surface area contributed by atoms with Crippen molar-refractivity contribution < 1.29 is 4.79 Å². The molecule has 1 heterocycles. The van der Waals surface area contributed by atoms with E-state index < -0.39 is 0 Å². The second-order valence-corrected chi connectivity index (χ2v) is 3.50. The fourth-order valence-corrected chi connectivity index (χ4v) is 1.27. The zero-order chi connectivity index (χ0) is 11.1. The van der Waals surface area contributed by atoms with Crippen molar-refractivity contribution in [2.24, 2.45) is 0 Å². The molecule has 15 heavy (non-hydrogen) atoms. The van der Waals surface area contributed by atoms with Gasteiger partial charge in [-0.15, -0.1) is 0 Å². The number of amides is 1. The Morgan fingerprint density at radius 2 is 2.40 bits per heavy atom. The first kappa shape index (κ1) is 11.6. The minimum atomic E-state index is -0.0193. The molecule has 0 bridgehead atoms. The van der Waals surface area contributed by atoms with Crippen LogP contribution in [0.5, 0.6) is 0 Å². The van der Waals surface area contributed by atoms with E-state index in [1.807, 2.05) is 0 Å². The monoisotopic (exact) mass is 210 g/mol. The maximum Gasteiger partial charge on any atom is 0.241 e. The molecule has 0 atom stereocenters. The van der Waals surface area contributed by atoms with Crippen LogP contribution in [0.3, 0.4) is 0 Å². The van der Waals surface area contributed by atoms with E-state index in [4.69, 9.17) is 5.73 Å². The highest BCUT2D eigenvalue weighted by molar-refractivity contribution is 5.75. The standard InChI is InChI=1S/C10H18N4O/c1-2-3-4-6-12-10(15)8-14-7-5-9(11)13-14/h5,7H,2-4,6,8H2,1H3,(H2,11,13)(H,12,15). The van der Waals surface area contributed by atoms with Gasteiger partial charge in [-0.2, -0.15) is 5.10 Å². The highest BCUT2D eigenvalue weighted by Crippen LogP contribution is 1.95. The zero-order valence-electron chi connectivity index (χ0n) is 9.07. The normalized spacial score (nSPS) is 10.2. The van der Waals surface area contributed by atoms with Crippen molar-refractivity contribution in [2.75, 3.05) is 12.3 Å². The Labute approximate surface area is 89.6 Å². The predicted octanol–water partition coefficient (Wildman–Crippen LogP) is 0.772. The summed E-state index contributed by atoms with van der Waals surface area (Å²) in [6, 6.07) is 1.67. The number of nitrogen functional groups attached to an aromatic ring is 1. The molecule has 84 valence electrons. The van der Waals surface area contributed by atoms with Gasteiger partial charge in [0.1, 0.15) is 12.4 Å². The van der Waals surface area contributed by atoms with Gasteiger partial charge in [-0.25, -0.2) is 0 Å². The van der Waals surface area contributed by atoms with Crippen molar-refractivity contribution in [1.82, 2.24) is 15.1 Å². The molecular formula is C10H18N4O. The van der Waals surface area contributed by atoms with E-state index in [1.165, 1.54) is 4.68 Å². The summed E-state index contributed by atoms with van der Waals surface area (Å²) in [4.78, 5) is 11.4. The van der Waals surface area contributed by atoms with E-state index in [2.05, 4.69) is 17.3 Å². The Bertz CT molecular complexity index is 308.